The number of rotatable bonds is 9. The van der Waals surface area contributed by atoms with Crippen molar-refractivity contribution < 1.29 is 14.3 Å². The molecule has 132 valence electrons. The molecular weight excluding hydrogens is 312 g/mol. The van der Waals surface area contributed by atoms with Crippen molar-refractivity contribution in [3.05, 3.63) is 70.8 Å². The zero-order valence-corrected chi connectivity index (χ0v) is 15.1. The summed E-state index contributed by atoms with van der Waals surface area (Å²) in [5.74, 6) is 0.0903. The van der Waals surface area contributed by atoms with Gasteiger partial charge in [0, 0.05) is 12.8 Å². The van der Waals surface area contributed by atoms with Gasteiger partial charge in [0.2, 0.25) is 0 Å². The van der Waals surface area contributed by atoms with Crippen LogP contribution in [0.1, 0.15) is 42.5 Å². The lowest BCUT2D eigenvalue weighted by atomic mass is 10.0. The van der Waals surface area contributed by atoms with Crippen molar-refractivity contribution in [3.63, 3.8) is 0 Å². The number of benzene rings is 2. The number of esters is 1. The highest BCUT2D eigenvalue weighted by molar-refractivity contribution is 5.80. The number of carbonyl (C=O) groups excluding carboxylic acids is 2. The van der Waals surface area contributed by atoms with Gasteiger partial charge in [-0.05, 0) is 42.0 Å². The fraction of sp³-hybridized carbons (Fsp3) is 0.364. The summed E-state index contributed by atoms with van der Waals surface area (Å²) in [6.45, 7) is 4.13. The van der Waals surface area contributed by atoms with Gasteiger partial charge in [0.15, 0.2) is 0 Å². The molecule has 0 aliphatic rings. The Bertz CT molecular complexity index is 684. The minimum Gasteiger partial charge on any atom is -0.466 e. The van der Waals surface area contributed by atoms with Gasteiger partial charge in [0.1, 0.15) is 5.78 Å². The van der Waals surface area contributed by atoms with Gasteiger partial charge in [-0.25, -0.2) is 0 Å². The molecule has 0 spiro atoms. The van der Waals surface area contributed by atoms with Crippen molar-refractivity contribution in [2.45, 2.75) is 46.0 Å². The third-order valence-corrected chi connectivity index (χ3v) is 4.20. The summed E-state index contributed by atoms with van der Waals surface area (Å²) >= 11 is 0. The minimum atomic E-state index is -0.183. The molecule has 0 unspecified atom stereocenters. The lowest BCUT2D eigenvalue weighted by molar-refractivity contribution is -0.142. The first-order valence-electron chi connectivity index (χ1n) is 8.93. The Kier molecular flexibility index (Phi) is 7.39. The number of Topliss-reactive ketones (excluding diaryl/α,β-unsaturated/α-hetero) is 1. The van der Waals surface area contributed by atoms with Crippen LogP contribution >= 0.6 is 0 Å². The molecule has 0 radical (unpaired) electrons. The predicted molar refractivity (Wildman–Crippen MR) is 99.6 cm³/mol. The molecule has 0 atom stereocenters. The van der Waals surface area contributed by atoms with Gasteiger partial charge < -0.3 is 4.74 Å². The summed E-state index contributed by atoms with van der Waals surface area (Å²) in [7, 11) is 0. The van der Waals surface area contributed by atoms with E-state index in [1.165, 1.54) is 11.1 Å². The normalized spacial score (nSPS) is 10.5. The van der Waals surface area contributed by atoms with Gasteiger partial charge in [-0.2, -0.15) is 0 Å². The van der Waals surface area contributed by atoms with Crippen molar-refractivity contribution in [2.24, 2.45) is 0 Å². The third-order valence-electron chi connectivity index (χ3n) is 4.20. The minimum absolute atomic E-state index is 0.183. The largest absolute Gasteiger partial charge is 0.466 e. The maximum absolute atomic E-state index is 11.5. The van der Waals surface area contributed by atoms with E-state index in [2.05, 4.69) is 24.3 Å². The maximum atomic E-state index is 11.5. The molecule has 0 heterocycles. The molecule has 0 aliphatic heterocycles. The molecule has 3 heteroatoms. The lowest BCUT2D eigenvalue weighted by Crippen LogP contribution is -2.07. The van der Waals surface area contributed by atoms with Crippen molar-refractivity contribution in [1.29, 1.82) is 0 Å². The van der Waals surface area contributed by atoms with Gasteiger partial charge >= 0.3 is 5.97 Å². The van der Waals surface area contributed by atoms with Crippen LogP contribution in [0.25, 0.3) is 0 Å². The molecule has 0 aliphatic carbocycles. The molecule has 3 nitrogen and oxygen atoms in total. The number of ether oxygens (including phenoxy) is 1. The van der Waals surface area contributed by atoms with Gasteiger partial charge in [0.25, 0.3) is 0 Å². The predicted octanol–water partition coefficient (Wildman–Crippen LogP) is 4.10. The fourth-order valence-corrected chi connectivity index (χ4v) is 2.67. The van der Waals surface area contributed by atoms with Crippen LogP contribution in [0.3, 0.4) is 0 Å². The monoisotopic (exact) mass is 338 g/mol. The molecule has 2 aromatic carbocycles. The third kappa shape index (κ3) is 6.54. The van der Waals surface area contributed by atoms with Crippen LogP contribution in [0.2, 0.25) is 0 Å². The first-order valence-corrected chi connectivity index (χ1v) is 8.93. The van der Waals surface area contributed by atoms with Crippen molar-refractivity contribution >= 4 is 11.8 Å². The van der Waals surface area contributed by atoms with Crippen LogP contribution in [0.4, 0.5) is 0 Å². The SMILES string of the molecule is CCOC(=O)Cc1ccc(CCc2ccc(CC(=O)CC)cc2)cc1. The van der Waals surface area contributed by atoms with E-state index in [0.717, 1.165) is 24.0 Å². The molecule has 0 amide bonds. The number of hydrogen-bond donors (Lipinski definition) is 0. The molecule has 0 aromatic heterocycles. The molecule has 0 bridgehead atoms. The van der Waals surface area contributed by atoms with E-state index < -0.39 is 0 Å². The Balaban J connectivity index is 1.84. The molecule has 0 saturated carbocycles. The summed E-state index contributed by atoms with van der Waals surface area (Å²) in [6.07, 6.45) is 3.35. The smallest absolute Gasteiger partial charge is 0.310 e. The van der Waals surface area contributed by atoms with Crippen LogP contribution in [-0.2, 0) is 40.0 Å². The second-order valence-corrected chi connectivity index (χ2v) is 6.18. The molecular formula is C22H26O3. The number of carbonyl (C=O) groups is 2. The average molecular weight is 338 g/mol. The Morgan fingerprint density at radius 2 is 1.16 bits per heavy atom. The Morgan fingerprint density at radius 3 is 1.60 bits per heavy atom. The van der Waals surface area contributed by atoms with E-state index in [0.29, 0.717) is 25.9 Å². The molecule has 0 N–H and O–H groups in total. The van der Waals surface area contributed by atoms with Crippen molar-refractivity contribution in [2.75, 3.05) is 6.61 Å². The van der Waals surface area contributed by atoms with Crippen LogP contribution in [-0.4, -0.2) is 18.4 Å². The fourth-order valence-electron chi connectivity index (χ4n) is 2.67. The zero-order chi connectivity index (χ0) is 18.1. The van der Waals surface area contributed by atoms with E-state index in [4.69, 9.17) is 4.74 Å². The summed E-state index contributed by atoms with van der Waals surface area (Å²) in [5, 5.41) is 0. The number of ketones is 1. The Morgan fingerprint density at radius 1 is 0.720 bits per heavy atom. The van der Waals surface area contributed by atoms with E-state index in [-0.39, 0.29) is 11.8 Å². The van der Waals surface area contributed by atoms with Crippen molar-refractivity contribution in [1.82, 2.24) is 0 Å². The van der Waals surface area contributed by atoms with E-state index in [9.17, 15) is 9.59 Å². The molecule has 2 rings (SSSR count). The lowest BCUT2D eigenvalue weighted by Gasteiger charge is -2.06. The first kappa shape index (κ1) is 18.9. The van der Waals surface area contributed by atoms with Gasteiger partial charge in [0.05, 0.1) is 13.0 Å². The molecule has 25 heavy (non-hydrogen) atoms. The van der Waals surface area contributed by atoms with E-state index in [1.54, 1.807) is 0 Å². The second-order valence-electron chi connectivity index (χ2n) is 6.18. The van der Waals surface area contributed by atoms with Crippen LogP contribution in [0.15, 0.2) is 48.5 Å². The van der Waals surface area contributed by atoms with Crippen LogP contribution < -0.4 is 0 Å². The first-order chi connectivity index (χ1) is 12.1. The van der Waals surface area contributed by atoms with E-state index >= 15 is 0 Å². The molecule has 2 aromatic rings. The van der Waals surface area contributed by atoms with Crippen molar-refractivity contribution in [3.8, 4) is 0 Å². The highest BCUT2D eigenvalue weighted by Gasteiger charge is 2.04. The van der Waals surface area contributed by atoms with Gasteiger partial charge in [-0.1, -0.05) is 55.5 Å². The molecule has 0 fully saturated rings. The number of aryl methyl sites for hydroxylation is 2. The van der Waals surface area contributed by atoms with Gasteiger partial charge in [-0.15, -0.1) is 0 Å². The standard InChI is InChI=1S/C22H26O3/c1-3-21(23)15-19-11-7-17(8-12-19)5-6-18-9-13-20(14-10-18)16-22(24)25-4-2/h7-14H,3-6,15-16H2,1-2H3. The summed E-state index contributed by atoms with van der Waals surface area (Å²) in [6, 6.07) is 16.4. The maximum Gasteiger partial charge on any atom is 0.310 e. The summed E-state index contributed by atoms with van der Waals surface area (Å²) in [5.41, 5.74) is 4.58. The zero-order valence-electron chi connectivity index (χ0n) is 15.1. The van der Waals surface area contributed by atoms with Crippen LogP contribution in [0.5, 0.6) is 0 Å². The average Bonchev–Trinajstić information content (AvgIpc) is 2.62. The van der Waals surface area contributed by atoms with Gasteiger partial charge in [-0.3, -0.25) is 9.59 Å². The highest BCUT2D eigenvalue weighted by atomic mass is 16.5. The Labute approximate surface area is 150 Å². The second kappa shape index (κ2) is 9.77. The topological polar surface area (TPSA) is 43.4 Å². The van der Waals surface area contributed by atoms with E-state index in [1.807, 2.05) is 38.1 Å². The quantitative estimate of drug-likeness (QED) is 0.647. The molecule has 0 saturated heterocycles. The van der Waals surface area contributed by atoms with Crippen LogP contribution in [0, 0.1) is 0 Å². The summed E-state index contributed by atoms with van der Waals surface area (Å²) < 4.78 is 4.96. The summed E-state index contributed by atoms with van der Waals surface area (Å²) in [4.78, 5) is 23.0. The number of hydrogen-bond acceptors (Lipinski definition) is 3. The highest BCUT2D eigenvalue weighted by Crippen LogP contribution is 2.12. The Hall–Kier alpha value is -2.42.